The van der Waals surface area contributed by atoms with Crippen LogP contribution in [0.15, 0.2) is 0 Å². The number of rotatable bonds is 3. The largest absolute Gasteiger partial charge is 0.342 e. The lowest BCUT2D eigenvalue weighted by Crippen LogP contribution is -2.36. The Hall–Kier alpha value is -0.570. The summed E-state index contributed by atoms with van der Waals surface area (Å²) in [5.41, 5.74) is 0. The van der Waals surface area contributed by atoms with E-state index in [0.717, 1.165) is 26.1 Å². The molecule has 1 saturated heterocycles. The molecular weight excluding hydrogens is 200 g/mol. The summed E-state index contributed by atoms with van der Waals surface area (Å²) in [6, 6.07) is 0. The molecule has 1 aliphatic heterocycles. The fourth-order valence-electron chi connectivity index (χ4n) is 3.23. The molecular formula is C13H24N2O. The highest BCUT2D eigenvalue weighted by Gasteiger charge is 2.35. The lowest BCUT2D eigenvalue weighted by Gasteiger charge is -2.23. The van der Waals surface area contributed by atoms with Crippen LogP contribution < -0.4 is 5.32 Å². The van der Waals surface area contributed by atoms with Gasteiger partial charge >= 0.3 is 0 Å². The summed E-state index contributed by atoms with van der Waals surface area (Å²) in [6.07, 6.45) is 4.77. The topological polar surface area (TPSA) is 32.3 Å². The minimum atomic E-state index is 0.327. The second-order valence-corrected chi connectivity index (χ2v) is 5.51. The first-order valence-electron chi connectivity index (χ1n) is 6.65. The van der Waals surface area contributed by atoms with Crippen LogP contribution >= 0.6 is 0 Å². The molecule has 3 heteroatoms. The Labute approximate surface area is 98.6 Å². The van der Waals surface area contributed by atoms with E-state index in [-0.39, 0.29) is 0 Å². The molecule has 0 aromatic carbocycles. The maximum Gasteiger partial charge on any atom is 0.225 e. The van der Waals surface area contributed by atoms with Gasteiger partial charge in [0.2, 0.25) is 5.91 Å². The minimum absolute atomic E-state index is 0.327. The van der Waals surface area contributed by atoms with Gasteiger partial charge in [0.05, 0.1) is 0 Å². The molecule has 0 aromatic rings. The van der Waals surface area contributed by atoms with E-state index >= 15 is 0 Å². The van der Waals surface area contributed by atoms with Crippen molar-refractivity contribution in [2.24, 2.45) is 17.8 Å². The van der Waals surface area contributed by atoms with E-state index in [0.29, 0.717) is 23.7 Å². The second-order valence-electron chi connectivity index (χ2n) is 5.51. The maximum absolute atomic E-state index is 12.3. The molecule has 92 valence electrons. The van der Waals surface area contributed by atoms with Gasteiger partial charge in [0.25, 0.3) is 0 Å². The first kappa shape index (κ1) is 11.9. The molecule has 3 nitrogen and oxygen atoms in total. The van der Waals surface area contributed by atoms with Gasteiger partial charge in [0.15, 0.2) is 0 Å². The molecule has 3 atom stereocenters. The minimum Gasteiger partial charge on any atom is -0.342 e. The fourth-order valence-corrected chi connectivity index (χ4v) is 3.23. The Morgan fingerprint density at radius 2 is 2.19 bits per heavy atom. The highest BCUT2D eigenvalue weighted by Crippen LogP contribution is 2.33. The second kappa shape index (κ2) is 5.17. The number of carbonyl (C=O) groups excluding carboxylic acids is 1. The molecule has 16 heavy (non-hydrogen) atoms. The standard InChI is InChI=1S/C13H24N2O/c1-10-4-3-5-12(10)13(16)15-7-6-11(9-15)8-14-2/h10-12,14H,3-9H2,1-2H3. The summed E-state index contributed by atoms with van der Waals surface area (Å²) < 4.78 is 0. The maximum atomic E-state index is 12.3. The Morgan fingerprint density at radius 3 is 2.81 bits per heavy atom. The summed E-state index contributed by atoms with van der Waals surface area (Å²) in [7, 11) is 1.99. The number of hydrogen-bond acceptors (Lipinski definition) is 2. The Bertz CT molecular complexity index is 254. The number of nitrogens with zero attached hydrogens (tertiary/aromatic N) is 1. The molecule has 0 radical (unpaired) electrons. The smallest absolute Gasteiger partial charge is 0.225 e. The van der Waals surface area contributed by atoms with Crippen LogP contribution in [-0.4, -0.2) is 37.5 Å². The van der Waals surface area contributed by atoms with E-state index < -0.39 is 0 Å². The van der Waals surface area contributed by atoms with Gasteiger partial charge in [-0.3, -0.25) is 4.79 Å². The molecule has 1 saturated carbocycles. The normalized spacial score (nSPS) is 34.6. The van der Waals surface area contributed by atoms with E-state index in [9.17, 15) is 4.79 Å². The van der Waals surface area contributed by atoms with Crippen LogP contribution in [0.25, 0.3) is 0 Å². The highest BCUT2D eigenvalue weighted by atomic mass is 16.2. The molecule has 2 aliphatic rings. The van der Waals surface area contributed by atoms with Crippen molar-refractivity contribution in [3.8, 4) is 0 Å². The zero-order valence-corrected chi connectivity index (χ0v) is 10.5. The fraction of sp³-hybridized carbons (Fsp3) is 0.923. The van der Waals surface area contributed by atoms with E-state index in [4.69, 9.17) is 0 Å². The van der Waals surface area contributed by atoms with Crippen molar-refractivity contribution in [1.82, 2.24) is 10.2 Å². The van der Waals surface area contributed by atoms with Gasteiger partial charge in [-0.15, -0.1) is 0 Å². The summed E-state index contributed by atoms with van der Waals surface area (Å²) in [6.45, 7) is 5.23. The van der Waals surface area contributed by atoms with Crippen molar-refractivity contribution in [2.45, 2.75) is 32.6 Å². The first-order chi connectivity index (χ1) is 7.72. The predicted molar refractivity (Wildman–Crippen MR) is 65.1 cm³/mol. The van der Waals surface area contributed by atoms with Crippen LogP contribution in [0.4, 0.5) is 0 Å². The van der Waals surface area contributed by atoms with Crippen molar-refractivity contribution >= 4 is 5.91 Å². The monoisotopic (exact) mass is 224 g/mol. The molecule has 2 rings (SSSR count). The van der Waals surface area contributed by atoms with Gasteiger partial charge in [-0.2, -0.15) is 0 Å². The molecule has 2 fully saturated rings. The number of likely N-dealkylation sites (tertiary alicyclic amines) is 1. The van der Waals surface area contributed by atoms with Gasteiger partial charge in [-0.1, -0.05) is 13.3 Å². The third-order valence-electron chi connectivity index (χ3n) is 4.27. The molecule has 3 unspecified atom stereocenters. The first-order valence-corrected chi connectivity index (χ1v) is 6.65. The number of carbonyl (C=O) groups is 1. The molecule has 0 bridgehead atoms. The Balaban J connectivity index is 1.86. The zero-order chi connectivity index (χ0) is 11.5. The van der Waals surface area contributed by atoms with Gasteiger partial charge in [0, 0.05) is 19.0 Å². The van der Waals surface area contributed by atoms with Crippen LogP contribution in [0.2, 0.25) is 0 Å². The summed E-state index contributed by atoms with van der Waals surface area (Å²) in [4.78, 5) is 14.4. The number of amides is 1. The van der Waals surface area contributed by atoms with Crippen LogP contribution in [0.5, 0.6) is 0 Å². The molecule has 1 amide bonds. The average molecular weight is 224 g/mol. The van der Waals surface area contributed by atoms with Crippen molar-refractivity contribution in [3.05, 3.63) is 0 Å². The predicted octanol–water partition coefficient (Wildman–Crippen LogP) is 1.49. The van der Waals surface area contributed by atoms with Crippen molar-refractivity contribution in [3.63, 3.8) is 0 Å². The van der Waals surface area contributed by atoms with E-state index in [1.54, 1.807) is 0 Å². The number of nitrogens with one attached hydrogen (secondary N) is 1. The third kappa shape index (κ3) is 2.40. The van der Waals surface area contributed by atoms with E-state index in [1.807, 2.05) is 7.05 Å². The van der Waals surface area contributed by atoms with Gasteiger partial charge in [-0.25, -0.2) is 0 Å². The quantitative estimate of drug-likeness (QED) is 0.788. The van der Waals surface area contributed by atoms with Gasteiger partial charge in [0.1, 0.15) is 0 Å². The van der Waals surface area contributed by atoms with Crippen molar-refractivity contribution < 1.29 is 4.79 Å². The van der Waals surface area contributed by atoms with E-state index in [1.165, 1.54) is 19.3 Å². The third-order valence-corrected chi connectivity index (χ3v) is 4.27. The lowest BCUT2D eigenvalue weighted by molar-refractivity contribution is -0.135. The van der Waals surface area contributed by atoms with Crippen molar-refractivity contribution in [2.75, 3.05) is 26.7 Å². The summed E-state index contributed by atoms with van der Waals surface area (Å²) in [5.74, 6) is 2.04. The Morgan fingerprint density at radius 1 is 1.38 bits per heavy atom. The van der Waals surface area contributed by atoms with Crippen molar-refractivity contribution in [1.29, 1.82) is 0 Å². The van der Waals surface area contributed by atoms with Crippen LogP contribution in [0.3, 0.4) is 0 Å². The summed E-state index contributed by atoms with van der Waals surface area (Å²) in [5, 5.41) is 3.21. The summed E-state index contributed by atoms with van der Waals surface area (Å²) >= 11 is 0. The highest BCUT2D eigenvalue weighted by molar-refractivity contribution is 5.79. The average Bonchev–Trinajstić information content (AvgIpc) is 2.87. The van der Waals surface area contributed by atoms with E-state index in [2.05, 4.69) is 17.1 Å². The molecule has 0 spiro atoms. The molecule has 1 aliphatic carbocycles. The van der Waals surface area contributed by atoms with Crippen LogP contribution in [0, 0.1) is 17.8 Å². The Kier molecular flexibility index (Phi) is 3.85. The lowest BCUT2D eigenvalue weighted by atomic mass is 9.97. The molecule has 1 N–H and O–H groups in total. The number of hydrogen-bond donors (Lipinski definition) is 1. The molecule has 1 heterocycles. The molecule has 0 aromatic heterocycles. The SMILES string of the molecule is CNCC1CCN(C(=O)C2CCCC2C)C1. The van der Waals surface area contributed by atoms with Gasteiger partial charge < -0.3 is 10.2 Å². The van der Waals surface area contributed by atoms with Crippen LogP contribution in [0.1, 0.15) is 32.6 Å². The van der Waals surface area contributed by atoms with Gasteiger partial charge in [-0.05, 0) is 44.7 Å². The van der Waals surface area contributed by atoms with Crippen LogP contribution in [-0.2, 0) is 4.79 Å². The zero-order valence-electron chi connectivity index (χ0n) is 10.5.